The van der Waals surface area contributed by atoms with E-state index < -0.39 is 0 Å². The highest BCUT2D eigenvalue weighted by atomic mass is 127. The summed E-state index contributed by atoms with van der Waals surface area (Å²) in [6.07, 6.45) is 6.45. The summed E-state index contributed by atoms with van der Waals surface area (Å²) in [5, 5.41) is 6.99. The first-order chi connectivity index (χ1) is 16.1. The number of rotatable bonds is 8. The molecule has 34 heavy (non-hydrogen) atoms. The number of hydrogen-bond donors (Lipinski definition) is 2. The predicted molar refractivity (Wildman–Crippen MR) is 152 cm³/mol. The van der Waals surface area contributed by atoms with E-state index in [4.69, 9.17) is 4.99 Å². The van der Waals surface area contributed by atoms with Crippen molar-refractivity contribution < 1.29 is 0 Å². The lowest BCUT2D eigenvalue weighted by molar-refractivity contribution is 0.686. The number of nitrogens with zero attached hydrogens (tertiary/aromatic N) is 4. The zero-order valence-electron chi connectivity index (χ0n) is 20.5. The molecule has 3 aromatic rings. The largest absolute Gasteiger partial charge is 0.372 e. The molecule has 0 spiro atoms. The molecule has 1 atom stereocenters. The molecule has 1 unspecified atom stereocenters. The molecule has 0 bridgehead atoms. The number of guanidine groups is 1. The van der Waals surface area contributed by atoms with Gasteiger partial charge in [0.2, 0.25) is 0 Å². The first-order valence-electron chi connectivity index (χ1n) is 12.1. The van der Waals surface area contributed by atoms with Gasteiger partial charge in [-0.25, -0.2) is 9.98 Å². The normalized spacial score (nSPS) is 14.6. The molecule has 1 aliphatic rings. The second kappa shape index (κ2) is 12.8. The van der Waals surface area contributed by atoms with Gasteiger partial charge in [0.05, 0.1) is 12.6 Å². The molecule has 4 rings (SSSR count). The van der Waals surface area contributed by atoms with Crippen molar-refractivity contribution >= 4 is 35.6 Å². The monoisotopic (exact) mass is 572 g/mol. The van der Waals surface area contributed by atoms with Gasteiger partial charge in [0.1, 0.15) is 5.82 Å². The van der Waals surface area contributed by atoms with Crippen molar-refractivity contribution in [3.05, 3.63) is 83.4 Å². The average molecular weight is 573 g/mol. The van der Waals surface area contributed by atoms with Crippen LogP contribution in [-0.4, -0.2) is 35.1 Å². The summed E-state index contributed by atoms with van der Waals surface area (Å²) in [5.41, 5.74) is 5.06. The molecule has 1 aliphatic heterocycles. The summed E-state index contributed by atoms with van der Waals surface area (Å²) < 4.78 is 2.16. The van der Waals surface area contributed by atoms with E-state index in [-0.39, 0.29) is 30.0 Å². The number of nitrogens with one attached hydrogen (secondary N) is 2. The minimum Gasteiger partial charge on any atom is -0.372 e. The van der Waals surface area contributed by atoms with Crippen LogP contribution in [0.2, 0.25) is 0 Å². The number of aliphatic imine (C=N–C) groups is 1. The highest BCUT2D eigenvalue weighted by molar-refractivity contribution is 14.0. The summed E-state index contributed by atoms with van der Waals surface area (Å²) in [6, 6.07) is 17.7. The lowest BCUT2D eigenvalue weighted by Gasteiger charge is -2.22. The molecule has 2 N–H and O–H groups in total. The van der Waals surface area contributed by atoms with Gasteiger partial charge < -0.3 is 20.1 Å². The molecule has 1 saturated heterocycles. The molecule has 0 saturated carbocycles. The summed E-state index contributed by atoms with van der Waals surface area (Å²) >= 11 is 0. The molecule has 0 aliphatic carbocycles. The third-order valence-corrected chi connectivity index (χ3v) is 6.23. The van der Waals surface area contributed by atoms with Crippen molar-refractivity contribution in [1.29, 1.82) is 0 Å². The van der Waals surface area contributed by atoms with E-state index in [1.54, 1.807) is 0 Å². The number of hydrogen-bond acceptors (Lipinski definition) is 3. The van der Waals surface area contributed by atoms with E-state index in [1.807, 2.05) is 19.3 Å². The Balaban J connectivity index is 0.00000324. The van der Waals surface area contributed by atoms with Crippen molar-refractivity contribution in [1.82, 2.24) is 20.2 Å². The number of imidazole rings is 1. The van der Waals surface area contributed by atoms with E-state index in [2.05, 4.69) is 87.5 Å². The van der Waals surface area contributed by atoms with Crippen LogP contribution in [0.3, 0.4) is 0 Å². The van der Waals surface area contributed by atoms with Crippen LogP contribution < -0.4 is 15.5 Å². The van der Waals surface area contributed by atoms with Crippen molar-refractivity contribution in [2.75, 3.05) is 24.5 Å². The Bertz CT molecular complexity index is 1070. The van der Waals surface area contributed by atoms with E-state index in [9.17, 15) is 0 Å². The number of halogens is 1. The zero-order chi connectivity index (χ0) is 23.0. The van der Waals surface area contributed by atoms with Gasteiger partial charge in [0.25, 0.3) is 0 Å². The van der Waals surface area contributed by atoms with Gasteiger partial charge in [0.15, 0.2) is 5.96 Å². The average Bonchev–Trinajstić information content (AvgIpc) is 3.50. The van der Waals surface area contributed by atoms with Crippen LogP contribution in [0.4, 0.5) is 5.69 Å². The van der Waals surface area contributed by atoms with Gasteiger partial charge >= 0.3 is 0 Å². The van der Waals surface area contributed by atoms with E-state index >= 15 is 0 Å². The van der Waals surface area contributed by atoms with Gasteiger partial charge in [-0.05, 0) is 62.4 Å². The van der Waals surface area contributed by atoms with Gasteiger partial charge in [-0.3, -0.25) is 0 Å². The summed E-state index contributed by atoms with van der Waals surface area (Å²) in [7, 11) is 0. The van der Waals surface area contributed by atoms with Crippen LogP contribution in [0.25, 0.3) is 0 Å². The molecule has 2 heterocycles. The summed E-state index contributed by atoms with van der Waals surface area (Å²) in [4.78, 5) is 11.7. The van der Waals surface area contributed by atoms with Crippen LogP contribution in [0.5, 0.6) is 0 Å². The lowest BCUT2D eigenvalue weighted by Crippen LogP contribution is -2.38. The Labute approximate surface area is 220 Å². The van der Waals surface area contributed by atoms with Crippen LogP contribution >= 0.6 is 24.0 Å². The molecule has 1 fully saturated rings. The highest BCUT2D eigenvalue weighted by Gasteiger charge is 2.14. The molecular formula is C27H37IN6. The SMILES string of the molecule is CCNC(=NCc1cccc(Cn2ccnc2C)c1)NC(C)c1cccc(N2CCCC2)c1.I. The van der Waals surface area contributed by atoms with Crippen LogP contribution in [0.15, 0.2) is 65.9 Å². The topological polar surface area (TPSA) is 57.5 Å². The van der Waals surface area contributed by atoms with Gasteiger partial charge in [-0.2, -0.15) is 0 Å². The van der Waals surface area contributed by atoms with E-state index in [0.717, 1.165) is 38.0 Å². The van der Waals surface area contributed by atoms with Crippen molar-refractivity contribution in [3.63, 3.8) is 0 Å². The molecule has 1 aromatic heterocycles. The minimum absolute atomic E-state index is 0. The fraction of sp³-hybridized carbons (Fsp3) is 0.407. The fourth-order valence-corrected chi connectivity index (χ4v) is 4.34. The Hall–Kier alpha value is -2.55. The van der Waals surface area contributed by atoms with Crippen molar-refractivity contribution in [2.24, 2.45) is 4.99 Å². The minimum atomic E-state index is 0. The van der Waals surface area contributed by atoms with Crippen LogP contribution in [0, 0.1) is 6.92 Å². The third-order valence-electron chi connectivity index (χ3n) is 6.23. The van der Waals surface area contributed by atoms with Gasteiger partial charge in [-0.1, -0.05) is 36.4 Å². The number of benzene rings is 2. The first kappa shape index (κ1) is 26.1. The molecular weight excluding hydrogens is 535 g/mol. The van der Waals surface area contributed by atoms with Crippen molar-refractivity contribution in [3.8, 4) is 0 Å². The fourth-order valence-electron chi connectivity index (χ4n) is 4.34. The first-order valence-corrected chi connectivity index (χ1v) is 12.1. The van der Waals surface area contributed by atoms with Gasteiger partial charge in [0, 0.05) is 44.3 Å². The maximum absolute atomic E-state index is 4.87. The van der Waals surface area contributed by atoms with Crippen LogP contribution in [-0.2, 0) is 13.1 Å². The molecule has 0 radical (unpaired) electrons. The number of anilines is 1. The molecule has 7 heteroatoms. The van der Waals surface area contributed by atoms with E-state index in [0.29, 0.717) is 6.54 Å². The second-order valence-electron chi connectivity index (χ2n) is 8.77. The maximum atomic E-state index is 4.87. The maximum Gasteiger partial charge on any atom is 0.192 e. The Morgan fingerprint density at radius 3 is 2.59 bits per heavy atom. The van der Waals surface area contributed by atoms with Crippen LogP contribution in [0.1, 0.15) is 55.2 Å². The Morgan fingerprint density at radius 1 is 1.09 bits per heavy atom. The summed E-state index contributed by atoms with van der Waals surface area (Å²) in [6.45, 7) is 10.9. The molecule has 182 valence electrons. The predicted octanol–water partition coefficient (Wildman–Crippen LogP) is 5.27. The van der Waals surface area contributed by atoms with E-state index in [1.165, 1.54) is 35.2 Å². The number of aromatic nitrogens is 2. The molecule has 6 nitrogen and oxygen atoms in total. The zero-order valence-corrected chi connectivity index (χ0v) is 22.8. The van der Waals surface area contributed by atoms with Gasteiger partial charge in [-0.15, -0.1) is 24.0 Å². The standard InChI is InChI=1S/C27H36N6.HI/c1-4-28-27(31-21(2)25-11-8-12-26(18-25)32-14-5-6-15-32)30-19-23-9-7-10-24(17-23)20-33-16-13-29-22(33)3;/h7-13,16-18,21H,4-6,14-15,19-20H2,1-3H3,(H2,28,30,31);1H. The second-order valence-corrected chi connectivity index (χ2v) is 8.77. The smallest absolute Gasteiger partial charge is 0.192 e. The molecule has 0 amide bonds. The number of aryl methyl sites for hydroxylation is 1. The third kappa shape index (κ3) is 6.98. The summed E-state index contributed by atoms with van der Waals surface area (Å²) in [5.74, 6) is 1.87. The quantitative estimate of drug-likeness (QED) is 0.219. The Morgan fingerprint density at radius 2 is 1.85 bits per heavy atom. The Kier molecular flexibility index (Phi) is 9.80. The van der Waals surface area contributed by atoms with Crippen molar-refractivity contribution in [2.45, 2.75) is 52.7 Å². The lowest BCUT2D eigenvalue weighted by atomic mass is 10.1. The molecule has 2 aromatic carbocycles. The highest BCUT2D eigenvalue weighted by Crippen LogP contribution is 2.24.